The van der Waals surface area contributed by atoms with E-state index < -0.39 is 6.10 Å². The Labute approximate surface area is 174 Å². The molecule has 2 aromatic rings. The van der Waals surface area contributed by atoms with Crippen LogP contribution >= 0.6 is 0 Å². The van der Waals surface area contributed by atoms with E-state index in [-0.39, 0.29) is 12.6 Å². The number of hydrogen-bond acceptors (Lipinski definition) is 4. The van der Waals surface area contributed by atoms with Crippen LogP contribution in [-0.2, 0) is 27.4 Å². The number of aryl methyl sites for hydroxylation is 1. The van der Waals surface area contributed by atoms with Gasteiger partial charge in [-0.05, 0) is 36.6 Å². The Hall–Kier alpha value is -2.15. The summed E-state index contributed by atoms with van der Waals surface area (Å²) in [7, 11) is 1.68. The van der Waals surface area contributed by atoms with Gasteiger partial charge in [0.15, 0.2) is 0 Å². The third-order valence-corrected chi connectivity index (χ3v) is 5.03. The summed E-state index contributed by atoms with van der Waals surface area (Å²) in [6.07, 6.45) is 2.54. The van der Waals surface area contributed by atoms with Gasteiger partial charge in [-0.3, -0.25) is 4.79 Å². The number of aliphatic hydroxyl groups is 1. The van der Waals surface area contributed by atoms with Crippen LogP contribution in [0.4, 0.5) is 0 Å². The molecule has 0 saturated heterocycles. The minimum Gasteiger partial charge on any atom is -0.463 e. The summed E-state index contributed by atoms with van der Waals surface area (Å²) in [4.78, 5) is 12.7. The molecule has 1 aromatic heterocycles. The SMILES string of the molecule is CCCC(=O)OC[C@H](O)C[NH+](CCOC)Cc1cccn1Cc1ccccc1C. The van der Waals surface area contributed by atoms with Crippen molar-refractivity contribution in [2.24, 2.45) is 0 Å². The van der Waals surface area contributed by atoms with Crippen LogP contribution in [0.5, 0.6) is 0 Å². The van der Waals surface area contributed by atoms with Crippen LogP contribution in [0.1, 0.15) is 36.6 Å². The first-order valence-corrected chi connectivity index (χ1v) is 10.4. The molecule has 6 nitrogen and oxygen atoms in total. The van der Waals surface area contributed by atoms with Crippen molar-refractivity contribution in [1.29, 1.82) is 0 Å². The van der Waals surface area contributed by atoms with Crippen LogP contribution < -0.4 is 4.90 Å². The third-order valence-electron chi connectivity index (χ3n) is 5.03. The van der Waals surface area contributed by atoms with Crippen LogP contribution in [0.15, 0.2) is 42.6 Å². The second kappa shape index (κ2) is 12.4. The van der Waals surface area contributed by atoms with Crippen LogP contribution in [0.2, 0.25) is 0 Å². The van der Waals surface area contributed by atoms with Gasteiger partial charge in [0.25, 0.3) is 0 Å². The van der Waals surface area contributed by atoms with E-state index in [4.69, 9.17) is 9.47 Å². The Morgan fingerprint density at radius 1 is 1.24 bits per heavy atom. The maximum absolute atomic E-state index is 11.5. The van der Waals surface area contributed by atoms with E-state index in [0.29, 0.717) is 19.6 Å². The topological polar surface area (TPSA) is 65.1 Å². The number of benzene rings is 1. The van der Waals surface area contributed by atoms with Gasteiger partial charge in [0.05, 0.1) is 12.3 Å². The molecule has 1 heterocycles. The number of quaternary nitrogens is 1. The van der Waals surface area contributed by atoms with Crippen molar-refractivity contribution in [3.63, 3.8) is 0 Å². The van der Waals surface area contributed by atoms with Crippen LogP contribution in [0.3, 0.4) is 0 Å². The molecule has 2 N–H and O–H groups in total. The maximum atomic E-state index is 11.5. The number of aromatic nitrogens is 1. The zero-order chi connectivity index (χ0) is 21.1. The normalized spacial score (nSPS) is 13.2. The van der Waals surface area contributed by atoms with Gasteiger partial charge in [0, 0.05) is 26.3 Å². The van der Waals surface area contributed by atoms with Crippen LogP contribution in [0.25, 0.3) is 0 Å². The molecule has 0 saturated carbocycles. The van der Waals surface area contributed by atoms with Gasteiger partial charge >= 0.3 is 5.97 Å². The zero-order valence-corrected chi connectivity index (χ0v) is 17.9. The first-order valence-electron chi connectivity index (χ1n) is 10.4. The average Bonchev–Trinajstić information content (AvgIpc) is 3.13. The van der Waals surface area contributed by atoms with Gasteiger partial charge in [-0.1, -0.05) is 31.2 Å². The standard InChI is InChI=1S/C23H34N2O4/c1-4-8-23(27)29-18-22(26)17-24(13-14-28-3)16-21-11-7-12-25(21)15-20-10-6-5-9-19(20)2/h5-7,9-12,22,26H,4,8,13-18H2,1-3H3/p+1/t22-/m1/s1. The molecule has 0 bridgehead atoms. The number of nitrogens with zero attached hydrogens (tertiary/aromatic N) is 1. The molecule has 29 heavy (non-hydrogen) atoms. The summed E-state index contributed by atoms with van der Waals surface area (Å²) >= 11 is 0. The van der Waals surface area contributed by atoms with Crippen molar-refractivity contribution in [3.05, 3.63) is 59.4 Å². The summed E-state index contributed by atoms with van der Waals surface area (Å²) in [5.41, 5.74) is 3.78. The summed E-state index contributed by atoms with van der Waals surface area (Å²) in [5, 5.41) is 10.4. The fraction of sp³-hybridized carbons (Fsp3) is 0.522. The van der Waals surface area contributed by atoms with Gasteiger partial charge < -0.3 is 24.0 Å². The zero-order valence-electron chi connectivity index (χ0n) is 17.9. The molecule has 0 aliphatic rings. The molecule has 6 heteroatoms. The molecule has 160 valence electrons. The molecule has 2 rings (SSSR count). The first-order chi connectivity index (χ1) is 14.0. The molecular weight excluding hydrogens is 368 g/mol. The highest BCUT2D eigenvalue weighted by atomic mass is 16.5. The highest BCUT2D eigenvalue weighted by Crippen LogP contribution is 2.11. The van der Waals surface area contributed by atoms with Crippen LogP contribution in [-0.4, -0.2) is 55.2 Å². The van der Waals surface area contributed by atoms with Crippen molar-refractivity contribution in [2.75, 3.05) is 33.4 Å². The lowest BCUT2D eigenvalue weighted by Crippen LogP contribution is -3.12. The van der Waals surface area contributed by atoms with E-state index in [2.05, 4.69) is 54.1 Å². The average molecular weight is 404 g/mol. The molecule has 0 amide bonds. The second-order valence-corrected chi connectivity index (χ2v) is 7.51. The number of rotatable bonds is 13. The molecule has 1 aromatic carbocycles. The Morgan fingerprint density at radius 2 is 2.03 bits per heavy atom. The van der Waals surface area contributed by atoms with Crippen LogP contribution in [0, 0.1) is 6.92 Å². The molecule has 0 aliphatic heterocycles. The monoisotopic (exact) mass is 403 g/mol. The lowest BCUT2D eigenvalue weighted by Gasteiger charge is -2.23. The van der Waals surface area contributed by atoms with Gasteiger partial charge in [0.2, 0.25) is 0 Å². The first kappa shape index (κ1) is 23.1. The Kier molecular flexibility index (Phi) is 9.91. The van der Waals surface area contributed by atoms with Gasteiger partial charge in [-0.2, -0.15) is 0 Å². The van der Waals surface area contributed by atoms with E-state index in [1.165, 1.54) is 21.7 Å². The Balaban J connectivity index is 1.98. The Morgan fingerprint density at radius 3 is 2.76 bits per heavy atom. The lowest BCUT2D eigenvalue weighted by atomic mass is 10.1. The number of nitrogens with one attached hydrogen (secondary N) is 1. The molecule has 2 atom stereocenters. The maximum Gasteiger partial charge on any atom is 0.305 e. The number of ether oxygens (including phenoxy) is 2. The van der Waals surface area contributed by atoms with Crippen molar-refractivity contribution < 1.29 is 24.3 Å². The molecule has 0 spiro atoms. The fourth-order valence-electron chi connectivity index (χ4n) is 3.36. The molecule has 0 aliphatic carbocycles. The number of hydrogen-bond donors (Lipinski definition) is 2. The van der Waals surface area contributed by atoms with E-state index in [1.807, 2.05) is 6.92 Å². The molecule has 1 unspecified atom stereocenters. The van der Waals surface area contributed by atoms with Gasteiger partial charge in [0.1, 0.15) is 32.3 Å². The van der Waals surface area contributed by atoms with Crippen molar-refractivity contribution in [2.45, 2.75) is 45.9 Å². The summed E-state index contributed by atoms with van der Waals surface area (Å²) in [6, 6.07) is 12.6. The highest BCUT2D eigenvalue weighted by molar-refractivity contribution is 5.69. The van der Waals surface area contributed by atoms with Crippen molar-refractivity contribution in [3.8, 4) is 0 Å². The third kappa shape index (κ3) is 8.01. The summed E-state index contributed by atoms with van der Waals surface area (Å²) in [6.45, 7) is 7.57. The Bertz CT molecular complexity index is 744. The van der Waals surface area contributed by atoms with Crippen molar-refractivity contribution in [1.82, 2.24) is 4.57 Å². The predicted molar refractivity (Wildman–Crippen MR) is 113 cm³/mol. The second-order valence-electron chi connectivity index (χ2n) is 7.51. The lowest BCUT2D eigenvalue weighted by molar-refractivity contribution is -0.917. The minimum atomic E-state index is -0.692. The predicted octanol–water partition coefficient (Wildman–Crippen LogP) is 1.58. The number of carbonyl (C=O) groups excluding carboxylic acids is 1. The number of aliphatic hydroxyl groups excluding tert-OH is 1. The number of esters is 1. The van der Waals surface area contributed by atoms with E-state index in [9.17, 15) is 9.90 Å². The largest absolute Gasteiger partial charge is 0.463 e. The number of methoxy groups -OCH3 is 1. The van der Waals surface area contributed by atoms with Crippen molar-refractivity contribution >= 4 is 5.97 Å². The van der Waals surface area contributed by atoms with E-state index in [1.54, 1.807) is 7.11 Å². The van der Waals surface area contributed by atoms with Gasteiger partial charge in [-0.15, -0.1) is 0 Å². The smallest absolute Gasteiger partial charge is 0.305 e. The molecular formula is C23H35N2O4+. The number of carbonyl (C=O) groups is 1. The highest BCUT2D eigenvalue weighted by Gasteiger charge is 2.19. The molecule has 0 fully saturated rings. The minimum absolute atomic E-state index is 0.0412. The molecule has 0 radical (unpaired) electrons. The summed E-state index contributed by atoms with van der Waals surface area (Å²) < 4.78 is 12.7. The fourth-order valence-corrected chi connectivity index (χ4v) is 3.36. The summed E-state index contributed by atoms with van der Waals surface area (Å²) in [5.74, 6) is -0.253. The quantitative estimate of drug-likeness (QED) is 0.499. The van der Waals surface area contributed by atoms with Gasteiger partial charge in [-0.25, -0.2) is 0 Å². The van der Waals surface area contributed by atoms with E-state index in [0.717, 1.165) is 26.1 Å². The van der Waals surface area contributed by atoms with E-state index >= 15 is 0 Å².